The van der Waals surface area contributed by atoms with Crippen LogP contribution in [0.2, 0.25) is 18.1 Å². The van der Waals surface area contributed by atoms with Crippen molar-refractivity contribution in [2.24, 2.45) is 0 Å². The fourth-order valence-corrected chi connectivity index (χ4v) is 4.53. The highest BCUT2D eigenvalue weighted by atomic mass is 35.5. The van der Waals surface area contributed by atoms with Crippen LogP contribution in [0, 0.1) is 0 Å². The van der Waals surface area contributed by atoms with Crippen molar-refractivity contribution in [2.45, 2.75) is 63.3 Å². The highest BCUT2D eigenvalue weighted by Gasteiger charge is 2.55. The summed E-state index contributed by atoms with van der Waals surface area (Å²) in [7, 11) is -1.98. The number of rotatable bonds is 3. The molecule has 0 unspecified atom stereocenters. The lowest BCUT2D eigenvalue weighted by Crippen LogP contribution is -2.54. The van der Waals surface area contributed by atoms with Gasteiger partial charge < -0.3 is 13.9 Å². The molecule has 0 N–H and O–H groups in total. The molecule has 2 aliphatic rings. The molecule has 6 nitrogen and oxygen atoms in total. The van der Waals surface area contributed by atoms with Crippen LogP contribution in [0.3, 0.4) is 0 Å². The fraction of sp³-hybridized carbons (Fsp3) is 0.750. The summed E-state index contributed by atoms with van der Waals surface area (Å²) >= 11 is 6.29. The van der Waals surface area contributed by atoms with Gasteiger partial charge in [-0.2, -0.15) is 4.98 Å². The smallest absolute Gasteiger partial charge is 0.301 e. The van der Waals surface area contributed by atoms with E-state index in [4.69, 9.17) is 25.5 Å². The summed E-state index contributed by atoms with van der Waals surface area (Å²) in [6.07, 6.45) is 1.90. The third kappa shape index (κ3) is 2.91. The number of ether oxygens (including phenoxy) is 2. The van der Waals surface area contributed by atoms with E-state index in [-0.39, 0.29) is 41.4 Å². The maximum atomic E-state index is 11.5. The standard InChI is InChI=1S/C16H25ClN2O4Si/c1-15(2,3)24(4,5)23-11-8-13-19-7-6-12(20)18-14(19)21-10-16(11,9-17)22-13/h6-7,11,13H,8-10H2,1-5H3/t11-,13-,16-/m1/s1. The van der Waals surface area contributed by atoms with Crippen molar-refractivity contribution in [2.75, 3.05) is 12.5 Å². The molecule has 0 amide bonds. The Morgan fingerprint density at radius 3 is 2.83 bits per heavy atom. The molecule has 3 heterocycles. The van der Waals surface area contributed by atoms with Gasteiger partial charge >= 0.3 is 6.01 Å². The highest BCUT2D eigenvalue weighted by Crippen LogP contribution is 2.47. The number of hydrogen-bond acceptors (Lipinski definition) is 5. The Morgan fingerprint density at radius 2 is 2.21 bits per heavy atom. The Bertz CT molecular complexity index is 687. The average Bonchev–Trinajstić information content (AvgIpc) is 2.73. The van der Waals surface area contributed by atoms with Gasteiger partial charge in [-0.1, -0.05) is 20.8 Å². The highest BCUT2D eigenvalue weighted by molar-refractivity contribution is 6.74. The van der Waals surface area contributed by atoms with Crippen molar-refractivity contribution in [3.05, 3.63) is 22.6 Å². The zero-order chi connectivity index (χ0) is 17.8. The molecule has 2 aliphatic heterocycles. The second-order valence-electron chi connectivity index (χ2n) is 8.12. The van der Waals surface area contributed by atoms with Crippen molar-refractivity contribution < 1.29 is 13.9 Å². The van der Waals surface area contributed by atoms with Gasteiger partial charge in [0.15, 0.2) is 8.32 Å². The van der Waals surface area contributed by atoms with Gasteiger partial charge in [0.1, 0.15) is 18.4 Å². The van der Waals surface area contributed by atoms with E-state index >= 15 is 0 Å². The van der Waals surface area contributed by atoms with Crippen LogP contribution >= 0.6 is 11.6 Å². The van der Waals surface area contributed by atoms with Gasteiger partial charge in [0.05, 0.1) is 12.0 Å². The molecule has 1 aromatic rings. The lowest BCUT2D eigenvalue weighted by Gasteiger charge is -2.42. The maximum absolute atomic E-state index is 11.5. The molecule has 1 aromatic heterocycles. The Kier molecular flexibility index (Phi) is 4.35. The minimum atomic E-state index is -1.98. The van der Waals surface area contributed by atoms with E-state index in [1.54, 1.807) is 10.8 Å². The lowest BCUT2D eigenvalue weighted by molar-refractivity contribution is -0.0900. The molecule has 0 aliphatic carbocycles. The summed E-state index contributed by atoms with van der Waals surface area (Å²) in [6.45, 7) is 11.3. The van der Waals surface area contributed by atoms with E-state index in [1.807, 2.05) is 0 Å². The lowest BCUT2D eigenvalue weighted by atomic mass is 10.00. The van der Waals surface area contributed by atoms with Gasteiger partial charge in [-0.3, -0.25) is 9.36 Å². The SMILES string of the molecule is CC(C)(C)[Si](C)(C)O[C@@H]1C[C@H]2O[C@]1(CCl)COc1nc(=O)ccn12. The first kappa shape index (κ1) is 17.9. The summed E-state index contributed by atoms with van der Waals surface area (Å²) in [5.74, 6) is 0.265. The van der Waals surface area contributed by atoms with Crippen LogP contribution in [0.5, 0.6) is 6.01 Å². The number of aromatic nitrogens is 2. The molecule has 0 saturated carbocycles. The third-order valence-electron chi connectivity index (χ3n) is 5.40. The van der Waals surface area contributed by atoms with Crippen LogP contribution in [0.25, 0.3) is 0 Å². The van der Waals surface area contributed by atoms with Crippen molar-refractivity contribution in [1.82, 2.24) is 9.55 Å². The van der Waals surface area contributed by atoms with Gasteiger partial charge in [0.2, 0.25) is 0 Å². The summed E-state index contributed by atoms with van der Waals surface area (Å²) in [4.78, 5) is 15.4. The molecule has 1 fully saturated rings. The van der Waals surface area contributed by atoms with Crippen molar-refractivity contribution in [3.8, 4) is 6.01 Å². The summed E-state index contributed by atoms with van der Waals surface area (Å²) in [5, 5.41) is 0.0954. The Hall–Kier alpha value is -0.893. The number of nitrogens with zero attached hydrogens (tertiary/aromatic N) is 2. The molecule has 3 atom stereocenters. The Morgan fingerprint density at radius 1 is 1.50 bits per heavy atom. The van der Waals surface area contributed by atoms with Gasteiger partial charge in [-0.15, -0.1) is 11.6 Å². The number of halogens is 1. The predicted molar refractivity (Wildman–Crippen MR) is 94.3 cm³/mol. The second-order valence-corrected chi connectivity index (χ2v) is 13.1. The van der Waals surface area contributed by atoms with E-state index in [9.17, 15) is 4.79 Å². The molecule has 1 saturated heterocycles. The topological polar surface area (TPSA) is 62.6 Å². The van der Waals surface area contributed by atoms with Gasteiger partial charge in [0.25, 0.3) is 5.56 Å². The zero-order valence-electron chi connectivity index (χ0n) is 14.8. The normalized spacial score (nSPS) is 29.8. The van der Waals surface area contributed by atoms with E-state index in [0.29, 0.717) is 6.42 Å². The number of hydrogen-bond donors (Lipinski definition) is 0. The van der Waals surface area contributed by atoms with Crippen LogP contribution in [0.1, 0.15) is 33.4 Å². The first-order valence-corrected chi connectivity index (χ1v) is 11.7. The van der Waals surface area contributed by atoms with Crippen LogP contribution in [0.15, 0.2) is 17.1 Å². The van der Waals surface area contributed by atoms with Crippen LogP contribution < -0.4 is 10.3 Å². The van der Waals surface area contributed by atoms with Crippen molar-refractivity contribution in [1.29, 1.82) is 0 Å². The van der Waals surface area contributed by atoms with Crippen molar-refractivity contribution >= 4 is 19.9 Å². The molecule has 24 heavy (non-hydrogen) atoms. The number of alkyl halides is 1. The summed E-state index contributed by atoms with van der Waals surface area (Å²) in [5.41, 5.74) is -1.05. The average molecular weight is 373 g/mol. The minimum Gasteiger partial charge on any atom is -0.461 e. The Labute approximate surface area is 148 Å². The van der Waals surface area contributed by atoms with Gasteiger partial charge in [0, 0.05) is 18.7 Å². The first-order valence-electron chi connectivity index (χ1n) is 8.22. The molecule has 0 spiro atoms. The van der Waals surface area contributed by atoms with Crippen LogP contribution in [-0.2, 0) is 9.16 Å². The zero-order valence-corrected chi connectivity index (χ0v) is 16.6. The molecule has 0 radical (unpaired) electrons. The maximum Gasteiger partial charge on any atom is 0.301 e. The quantitative estimate of drug-likeness (QED) is 0.603. The predicted octanol–water partition coefficient (Wildman–Crippen LogP) is 2.92. The second kappa shape index (κ2) is 5.83. The molecule has 8 heteroatoms. The van der Waals surface area contributed by atoms with E-state index in [2.05, 4.69) is 38.8 Å². The summed E-state index contributed by atoms with van der Waals surface area (Å²) in [6, 6.07) is 1.69. The van der Waals surface area contributed by atoms with Gasteiger partial charge in [-0.05, 0) is 18.1 Å². The molecular weight excluding hydrogens is 348 g/mol. The molecular formula is C16H25ClN2O4Si. The van der Waals surface area contributed by atoms with E-state index < -0.39 is 13.9 Å². The fourth-order valence-electron chi connectivity index (χ4n) is 2.84. The van der Waals surface area contributed by atoms with Gasteiger partial charge in [-0.25, -0.2) is 0 Å². The molecule has 0 aromatic carbocycles. The van der Waals surface area contributed by atoms with E-state index in [0.717, 1.165) is 0 Å². The molecule has 3 rings (SSSR count). The van der Waals surface area contributed by atoms with Crippen LogP contribution in [0.4, 0.5) is 0 Å². The number of fused-ring (bicyclic) bond motifs is 4. The van der Waals surface area contributed by atoms with E-state index in [1.165, 1.54) is 6.07 Å². The van der Waals surface area contributed by atoms with Crippen LogP contribution in [-0.4, -0.2) is 42.1 Å². The third-order valence-corrected chi connectivity index (χ3v) is 10.3. The Balaban J connectivity index is 1.93. The monoisotopic (exact) mass is 372 g/mol. The molecule has 2 bridgehead atoms. The largest absolute Gasteiger partial charge is 0.461 e. The minimum absolute atomic E-state index is 0.0954. The first-order chi connectivity index (χ1) is 11.1. The van der Waals surface area contributed by atoms with Crippen molar-refractivity contribution in [3.63, 3.8) is 0 Å². The summed E-state index contributed by atoms with van der Waals surface area (Å²) < 4.78 is 20.4. The molecule has 134 valence electrons.